The number of rotatable bonds is 7. The monoisotopic (exact) mass is 467 g/mol. The van der Waals surface area contributed by atoms with Crippen LogP contribution in [0.2, 0.25) is 5.02 Å². The van der Waals surface area contributed by atoms with Crippen LogP contribution in [-0.4, -0.2) is 57.3 Å². The van der Waals surface area contributed by atoms with Gasteiger partial charge in [0.05, 0.1) is 5.52 Å². The fourth-order valence-corrected chi connectivity index (χ4v) is 4.25. The number of ether oxygens (including phenoxy) is 1. The smallest absolute Gasteiger partial charge is 0.261 e. The van der Waals surface area contributed by atoms with Crippen molar-refractivity contribution in [3.8, 4) is 5.75 Å². The van der Waals surface area contributed by atoms with Crippen molar-refractivity contribution in [1.82, 2.24) is 19.8 Å². The molecule has 1 aliphatic rings. The van der Waals surface area contributed by atoms with Crippen LogP contribution in [0, 0.1) is 0 Å². The maximum atomic E-state index is 13.3. The minimum absolute atomic E-state index is 0.0542. The van der Waals surface area contributed by atoms with Crippen molar-refractivity contribution in [3.63, 3.8) is 0 Å². The number of amides is 2. The molecular formula is C24H26ClN5O3. The van der Waals surface area contributed by atoms with Gasteiger partial charge in [-0.15, -0.1) is 0 Å². The summed E-state index contributed by atoms with van der Waals surface area (Å²) in [7, 11) is 0. The van der Waals surface area contributed by atoms with Crippen molar-refractivity contribution in [2.24, 2.45) is 0 Å². The number of piperazine rings is 1. The number of nitrogens with two attached hydrogens (primary N) is 1. The molecule has 1 saturated heterocycles. The summed E-state index contributed by atoms with van der Waals surface area (Å²) in [6.07, 6.45) is 2.81. The first kappa shape index (κ1) is 22.8. The highest BCUT2D eigenvalue weighted by molar-refractivity contribution is 6.30. The second-order valence-electron chi connectivity index (χ2n) is 8.01. The fraction of sp³-hybridized carbons (Fsp3) is 0.333. The number of benzene rings is 2. The number of aromatic nitrogens is 2. The maximum absolute atomic E-state index is 13.3. The van der Waals surface area contributed by atoms with Crippen molar-refractivity contribution < 1.29 is 14.3 Å². The van der Waals surface area contributed by atoms with E-state index in [1.165, 1.54) is 6.33 Å². The Balaban J connectivity index is 1.44. The second kappa shape index (κ2) is 10.0. The van der Waals surface area contributed by atoms with Gasteiger partial charge in [-0.2, -0.15) is 0 Å². The molecule has 33 heavy (non-hydrogen) atoms. The van der Waals surface area contributed by atoms with E-state index in [2.05, 4.69) is 9.97 Å². The summed E-state index contributed by atoms with van der Waals surface area (Å²) in [4.78, 5) is 37.9. The van der Waals surface area contributed by atoms with Gasteiger partial charge in [0.2, 0.25) is 5.91 Å². The summed E-state index contributed by atoms with van der Waals surface area (Å²) in [5, 5.41) is 1.32. The molecule has 8 nitrogen and oxygen atoms in total. The van der Waals surface area contributed by atoms with Gasteiger partial charge in [0, 0.05) is 30.0 Å². The van der Waals surface area contributed by atoms with Crippen molar-refractivity contribution >= 4 is 40.1 Å². The zero-order valence-corrected chi connectivity index (χ0v) is 19.2. The molecule has 9 heteroatoms. The zero-order valence-electron chi connectivity index (χ0n) is 18.4. The predicted octanol–water partition coefficient (Wildman–Crippen LogP) is 3.28. The van der Waals surface area contributed by atoms with Gasteiger partial charge in [-0.3, -0.25) is 9.59 Å². The molecule has 4 rings (SSSR count). The average molecular weight is 468 g/mol. The highest BCUT2D eigenvalue weighted by Crippen LogP contribution is 2.23. The van der Waals surface area contributed by atoms with Crippen LogP contribution in [-0.2, 0) is 16.1 Å². The predicted molar refractivity (Wildman–Crippen MR) is 127 cm³/mol. The number of hydrogen-bond donors (Lipinski definition) is 1. The fourth-order valence-electron chi connectivity index (χ4n) is 4.07. The summed E-state index contributed by atoms with van der Waals surface area (Å²) in [5.41, 5.74) is 7.60. The van der Waals surface area contributed by atoms with Crippen LogP contribution >= 0.6 is 11.6 Å². The highest BCUT2D eigenvalue weighted by atomic mass is 35.5. The third-order valence-corrected chi connectivity index (χ3v) is 5.96. The quantitative estimate of drug-likeness (QED) is 0.572. The first-order valence-corrected chi connectivity index (χ1v) is 11.3. The van der Waals surface area contributed by atoms with Crippen molar-refractivity contribution in [3.05, 3.63) is 59.4 Å². The van der Waals surface area contributed by atoms with Crippen LogP contribution in [0.3, 0.4) is 0 Å². The number of halogens is 1. The molecule has 172 valence electrons. The van der Waals surface area contributed by atoms with Crippen LogP contribution < -0.4 is 10.5 Å². The van der Waals surface area contributed by atoms with Gasteiger partial charge in [0.1, 0.15) is 23.9 Å². The van der Waals surface area contributed by atoms with Gasteiger partial charge < -0.3 is 20.3 Å². The molecule has 2 N–H and O–H groups in total. The summed E-state index contributed by atoms with van der Waals surface area (Å²) in [6.45, 7) is 3.22. The summed E-state index contributed by atoms with van der Waals surface area (Å²) in [5.74, 6) is 0.687. The van der Waals surface area contributed by atoms with Gasteiger partial charge in [-0.05, 0) is 42.3 Å². The largest absolute Gasteiger partial charge is 0.484 e. The second-order valence-corrected chi connectivity index (χ2v) is 8.44. The minimum atomic E-state index is -0.502. The van der Waals surface area contributed by atoms with Gasteiger partial charge in [-0.25, -0.2) is 9.97 Å². The van der Waals surface area contributed by atoms with E-state index in [0.717, 1.165) is 22.9 Å². The molecule has 1 aromatic heterocycles. The Kier molecular flexibility index (Phi) is 6.93. The molecule has 1 fully saturated rings. The molecule has 3 aromatic rings. The first-order chi connectivity index (χ1) is 16.0. The number of hydrogen-bond acceptors (Lipinski definition) is 6. The summed E-state index contributed by atoms with van der Waals surface area (Å²) < 4.78 is 5.61. The van der Waals surface area contributed by atoms with Crippen LogP contribution in [0.25, 0.3) is 10.9 Å². The van der Waals surface area contributed by atoms with Crippen LogP contribution in [0.15, 0.2) is 48.8 Å². The van der Waals surface area contributed by atoms with Gasteiger partial charge in [0.25, 0.3) is 5.91 Å². The van der Waals surface area contributed by atoms with E-state index >= 15 is 0 Å². The lowest BCUT2D eigenvalue weighted by molar-refractivity contribution is -0.153. The first-order valence-electron chi connectivity index (χ1n) is 10.9. The normalized spacial score (nSPS) is 16.3. The van der Waals surface area contributed by atoms with Crippen LogP contribution in [0.4, 0.5) is 5.82 Å². The van der Waals surface area contributed by atoms with E-state index in [-0.39, 0.29) is 18.4 Å². The molecule has 2 heterocycles. The Labute approximate surface area is 197 Å². The van der Waals surface area contributed by atoms with Gasteiger partial charge in [-0.1, -0.05) is 37.1 Å². The molecule has 2 amide bonds. The van der Waals surface area contributed by atoms with E-state index < -0.39 is 6.04 Å². The molecule has 0 aliphatic carbocycles. The Hall–Kier alpha value is -3.39. The molecule has 0 spiro atoms. The lowest BCUT2D eigenvalue weighted by Crippen LogP contribution is -2.59. The van der Waals surface area contributed by atoms with Crippen molar-refractivity contribution in [2.45, 2.75) is 32.4 Å². The number of carbonyl (C=O) groups excluding carboxylic acids is 2. The molecule has 2 aromatic carbocycles. The molecule has 1 atom stereocenters. The summed E-state index contributed by atoms with van der Waals surface area (Å²) in [6, 6.07) is 12.1. The van der Waals surface area contributed by atoms with Gasteiger partial charge in [0.15, 0.2) is 6.61 Å². The summed E-state index contributed by atoms with van der Waals surface area (Å²) >= 11 is 5.98. The van der Waals surface area contributed by atoms with Gasteiger partial charge >= 0.3 is 0 Å². The minimum Gasteiger partial charge on any atom is -0.484 e. The molecule has 1 unspecified atom stereocenters. The number of nitrogen functional groups attached to an aromatic ring is 1. The lowest BCUT2D eigenvalue weighted by atomic mass is 10.0. The Morgan fingerprint density at radius 1 is 1.21 bits per heavy atom. The SMILES string of the molecule is CCCC1C(=O)N(Cc2ccc3c(N)ncnc3c2)CCN1C(=O)COc1cccc(Cl)c1. The number of fused-ring (bicyclic) bond motifs is 1. The van der Waals surface area contributed by atoms with Crippen LogP contribution in [0.1, 0.15) is 25.3 Å². The van der Waals surface area contributed by atoms with E-state index in [1.807, 2.05) is 25.1 Å². The number of nitrogens with zero attached hydrogens (tertiary/aromatic N) is 4. The average Bonchev–Trinajstić information content (AvgIpc) is 2.80. The number of anilines is 1. The maximum Gasteiger partial charge on any atom is 0.261 e. The van der Waals surface area contributed by atoms with Crippen molar-refractivity contribution in [1.29, 1.82) is 0 Å². The lowest BCUT2D eigenvalue weighted by Gasteiger charge is -2.40. The molecular weight excluding hydrogens is 442 g/mol. The molecule has 0 bridgehead atoms. The highest BCUT2D eigenvalue weighted by Gasteiger charge is 2.36. The van der Waals surface area contributed by atoms with Crippen molar-refractivity contribution in [2.75, 3.05) is 25.4 Å². The third kappa shape index (κ3) is 5.17. The Bertz CT molecular complexity index is 1170. The van der Waals surface area contributed by atoms with E-state index in [9.17, 15) is 9.59 Å². The molecule has 0 saturated carbocycles. The third-order valence-electron chi connectivity index (χ3n) is 5.73. The topological polar surface area (TPSA) is 102 Å². The van der Waals surface area contributed by atoms with Crippen LogP contribution in [0.5, 0.6) is 5.75 Å². The molecule has 1 aliphatic heterocycles. The Morgan fingerprint density at radius 2 is 2.06 bits per heavy atom. The Morgan fingerprint density at radius 3 is 2.85 bits per heavy atom. The van der Waals surface area contributed by atoms with E-state index in [0.29, 0.717) is 42.6 Å². The molecule has 0 radical (unpaired) electrons. The zero-order chi connectivity index (χ0) is 23.4. The van der Waals surface area contributed by atoms with E-state index in [1.54, 1.807) is 34.1 Å². The van der Waals surface area contributed by atoms with E-state index in [4.69, 9.17) is 22.1 Å². The number of carbonyl (C=O) groups is 2. The standard InChI is InChI=1S/C24H26ClN5O3/c1-2-4-21-24(32)29(13-16-7-8-19-20(11-16)27-15-28-23(19)26)9-10-30(21)22(31)14-33-18-6-3-5-17(25)12-18/h3,5-8,11-12,15,21H,2,4,9-10,13-14H2,1H3,(H2,26,27,28).